The first kappa shape index (κ1) is 21.9. The molecule has 0 aliphatic carbocycles. The van der Waals surface area contributed by atoms with Crippen molar-refractivity contribution in [1.29, 1.82) is 0 Å². The Morgan fingerprint density at radius 1 is 1.12 bits per heavy atom. The topological polar surface area (TPSA) is 43.4 Å². The van der Waals surface area contributed by atoms with E-state index in [-0.39, 0.29) is 46.7 Å². The summed E-state index contributed by atoms with van der Waals surface area (Å²) < 4.78 is 0. The van der Waals surface area contributed by atoms with Crippen LogP contribution in [0.25, 0.3) is 0 Å². The Kier molecular flexibility index (Phi) is 9.44. The second-order valence-electron chi connectivity index (χ2n) is 6.80. The zero-order valence-electron chi connectivity index (χ0n) is 15.8. The van der Waals surface area contributed by atoms with E-state index in [0.717, 1.165) is 25.1 Å². The van der Waals surface area contributed by atoms with E-state index in [2.05, 4.69) is 25.8 Å². The molecule has 0 unspecified atom stereocenters. The maximum atomic E-state index is 12.5. The normalized spacial score (nSPS) is 10.8. The van der Waals surface area contributed by atoms with Crippen molar-refractivity contribution in [3.05, 3.63) is 65.2 Å². The van der Waals surface area contributed by atoms with E-state index in [1.165, 1.54) is 12.5 Å². The molecule has 2 rings (SSSR count). The van der Waals surface area contributed by atoms with Crippen molar-refractivity contribution in [2.45, 2.75) is 33.2 Å². The van der Waals surface area contributed by atoms with Gasteiger partial charge in [-0.05, 0) is 44.0 Å². The molecule has 0 saturated carbocycles. The summed E-state index contributed by atoms with van der Waals surface area (Å²) >= 11 is 0. The summed E-state index contributed by atoms with van der Waals surface area (Å²) in [4.78, 5) is 14.8. The molecule has 25 heavy (non-hydrogen) atoms. The minimum atomic E-state index is -0.213. The maximum absolute atomic E-state index is 12.5. The van der Waals surface area contributed by atoms with Gasteiger partial charge in [0.2, 0.25) is 0 Å². The van der Waals surface area contributed by atoms with Gasteiger partial charge in [0.25, 0.3) is 0 Å². The number of hydrogen-bond donors (Lipinski definition) is 0. The van der Waals surface area contributed by atoms with E-state index >= 15 is 0 Å². The Balaban J connectivity index is 0.00000312. The first-order chi connectivity index (χ1) is 11.5. The summed E-state index contributed by atoms with van der Waals surface area (Å²) in [5, 5.41) is 12.1. The van der Waals surface area contributed by atoms with Gasteiger partial charge in [-0.15, -0.1) is 0 Å². The minimum Gasteiger partial charge on any atom is -0.872 e. The van der Waals surface area contributed by atoms with Crippen molar-refractivity contribution < 1.29 is 39.5 Å². The number of rotatable bonds is 8. The molecule has 0 N–H and O–H groups in total. The zero-order valence-corrected chi connectivity index (χ0v) is 17.8. The Morgan fingerprint density at radius 2 is 1.80 bits per heavy atom. The molecule has 0 bridgehead atoms. The molecule has 0 aliphatic heterocycles. The average molecular weight is 347 g/mol. The van der Waals surface area contributed by atoms with Crippen molar-refractivity contribution >= 4 is 5.78 Å². The quantitative estimate of drug-likeness (QED) is 0.526. The van der Waals surface area contributed by atoms with Crippen LogP contribution in [-0.2, 0) is 6.54 Å². The van der Waals surface area contributed by atoms with Crippen LogP contribution in [0.3, 0.4) is 0 Å². The summed E-state index contributed by atoms with van der Waals surface area (Å²) in [5.41, 5.74) is 1.81. The van der Waals surface area contributed by atoms with Gasteiger partial charge in [-0.3, -0.25) is 4.79 Å². The van der Waals surface area contributed by atoms with Crippen LogP contribution in [0.1, 0.15) is 48.2 Å². The maximum Gasteiger partial charge on any atom is 1.00 e. The van der Waals surface area contributed by atoms with E-state index in [9.17, 15) is 9.90 Å². The summed E-state index contributed by atoms with van der Waals surface area (Å²) in [6.07, 6.45) is 2.37. The zero-order chi connectivity index (χ0) is 17.5. The van der Waals surface area contributed by atoms with Crippen LogP contribution in [0.5, 0.6) is 5.75 Å². The van der Waals surface area contributed by atoms with Crippen molar-refractivity contribution in [3.63, 3.8) is 0 Å². The molecule has 0 fully saturated rings. The number of ketones is 1. The molecule has 2 aromatic rings. The van der Waals surface area contributed by atoms with Crippen molar-refractivity contribution in [2.75, 3.05) is 13.6 Å². The predicted octanol–water partition coefficient (Wildman–Crippen LogP) is 0.863. The van der Waals surface area contributed by atoms with Gasteiger partial charge in [0.15, 0.2) is 5.78 Å². The standard InChI is InChI=1S/C21H27NO2.Na/c1-16(2)8-7-13-22(3)15-17-11-12-20(23)19(14-17)21(24)18-9-5-4-6-10-18;/h4-6,9-12,14,16,23H,7-8,13,15H2,1-3H3;/q;+1/p-1. The second-order valence-corrected chi connectivity index (χ2v) is 6.80. The van der Waals surface area contributed by atoms with Crippen LogP contribution in [0, 0.1) is 5.92 Å². The largest absolute Gasteiger partial charge is 1.00 e. The molecule has 0 spiro atoms. The first-order valence-corrected chi connectivity index (χ1v) is 8.55. The van der Waals surface area contributed by atoms with Crippen LogP contribution >= 0.6 is 0 Å². The second kappa shape index (κ2) is 10.8. The van der Waals surface area contributed by atoms with Gasteiger partial charge in [0.05, 0.1) is 0 Å². The van der Waals surface area contributed by atoms with Gasteiger partial charge >= 0.3 is 29.6 Å². The molecular weight excluding hydrogens is 321 g/mol. The van der Waals surface area contributed by atoms with Crippen LogP contribution in [0.4, 0.5) is 0 Å². The molecule has 0 heterocycles. The number of benzene rings is 2. The van der Waals surface area contributed by atoms with E-state index in [4.69, 9.17) is 0 Å². The van der Waals surface area contributed by atoms with Gasteiger partial charge < -0.3 is 10.0 Å². The van der Waals surface area contributed by atoms with E-state index in [1.807, 2.05) is 24.3 Å². The Morgan fingerprint density at radius 3 is 2.44 bits per heavy atom. The van der Waals surface area contributed by atoms with Crippen LogP contribution in [-0.4, -0.2) is 24.3 Å². The smallest absolute Gasteiger partial charge is 0.872 e. The molecule has 128 valence electrons. The van der Waals surface area contributed by atoms with Gasteiger partial charge in [-0.2, -0.15) is 0 Å². The number of hydrogen-bond acceptors (Lipinski definition) is 3. The molecular formula is C21H26NNaO2. The van der Waals surface area contributed by atoms with Gasteiger partial charge in [-0.1, -0.05) is 62.1 Å². The van der Waals surface area contributed by atoms with Crippen molar-refractivity contribution in [3.8, 4) is 5.75 Å². The predicted molar refractivity (Wildman–Crippen MR) is 96.2 cm³/mol. The van der Waals surface area contributed by atoms with Crippen molar-refractivity contribution in [2.24, 2.45) is 5.92 Å². The SMILES string of the molecule is CC(C)CCCN(C)Cc1ccc([O-])c(C(=O)c2ccccc2)c1.[Na+]. The van der Waals surface area contributed by atoms with Gasteiger partial charge in [0, 0.05) is 17.7 Å². The first-order valence-electron chi connectivity index (χ1n) is 8.55. The van der Waals surface area contributed by atoms with Crippen LogP contribution < -0.4 is 34.7 Å². The van der Waals surface area contributed by atoms with Crippen molar-refractivity contribution in [1.82, 2.24) is 4.90 Å². The monoisotopic (exact) mass is 347 g/mol. The fourth-order valence-corrected chi connectivity index (χ4v) is 2.76. The molecule has 0 aliphatic rings. The third-order valence-corrected chi connectivity index (χ3v) is 4.10. The van der Waals surface area contributed by atoms with E-state index < -0.39 is 0 Å². The third kappa shape index (κ3) is 6.95. The molecule has 0 amide bonds. The molecule has 2 aromatic carbocycles. The molecule has 0 atom stereocenters. The Bertz CT molecular complexity index is 671. The minimum absolute atomic E-state index is 0. The number of carbonyl (C=O) groups excluding carboxylic acids is 1. The van der Waals surface area contributed by atoms with Crippen LogP contribution in [0.2, 0.25) is 0 Å². The molecule has 4 heteroatoms. The third-order valence-electron chi connectivity index (χ3n) is 4.10. The van der Waals surface area contributed by atoms with E-state index in [0.29, 0.717) is 11.5 Å². The summed E-state index contributed by atoms with van der Waals surface area (Å²) in [7, 11) is 2.07. The fourth-order valence-electron chi connectivity index (χ4n) is 2.76. The van der Waals surface area contributed by atoms with Gasteiger partial charge in [0.1, 0.15) is 0 Å². The van der Waals surface area contributed by atoms with Crippen LogP contribution in [0.15, 0.2) is 48.5 Å². The summed E-state index contributed by atoms with van der Waals surface area (Å²) in [6.45, 7) is 6.22. The van der Waals surface area contributed by atoms with Gasteiger partial charge in [-0.25, -0.2) is 0 Å². The number of nitrogens with zero attached hydrogens (tertiary/aromatic N) is 1. The molecule has 0 radical (unpaired) electrons. The summed E-state index contributed by atoms with van der Waals surface area (Å²) in [6, 6.07) is 14.0. The average Bonchev–Trinajstić information content (AvgIpc) is 2.56. The summed E-state index contributed by atoms with van der Waals surface area (Å²) in [5.74, 6) is 0.299. The molecule has 0 saturated heterocycles. The fraction of sp³-hybridized carbons (Fsp3) is 0.381. The number of carbonyl (C=O) groups is 1. The molecule has 3 nitrogen and oxygen atoms in total. The molecule has 0 aromatic heterocycles. The van der Waals surface area contributed by atoms with E-state index in [1.54, 1.807) is 18.2 Å². The Hall–Kier alpha value is -1.13. The Labute approximate surface area is 173 Å².